The van der Waals surface area contributed by atoms with Gasteiger partial charge in [-0.15, -0.1) is 0 Å². The molecule has 0 amide bonds. The zero-order chi connectivity index (χ0) is 9.57. The normalized spacial score (nSPS) is 24.2. The van der Waals surface area contributed by atoms with Crippen LogP contribution in [0.5, 0.6) is 0 Å². The molecular weight excluding hydrogens is 146 g/mol. The van der Waals surface area contributed by atoms with E-state index in [1.807, 2.05) is 0 Å². The molecule has 0 N–H and O–H groups in total. The molecule has 1 heterocycles. The molecule has 1 rings (SSSR count). The number of hydrogen-bond acceptors (Lipinski definition) is 1. The van der Waals surface area contributed by atoms with Crippen molar-refractivity contribution in [2.24, 2.45) is 10.8 Å². The van der Waals surface area contributed by atoms with Gasteiger partial charge < -0.3 is 0 Å². The Bertz CT molecular complexity index is 158. The second kappa shape index (κ2) is 2.73. The van der Waals surface area contributed by atoms with Crippen LogP contribution in [0.3, 0.4) is 0 Å². The molecule has 72 valence electrons. The molecule has 12 heavy (non-hydrogen) atoms. The van der Waals surface area contributed by atoms with Gasteiger partial charge in [0.1, 0.15) is 0 Å². The van der Waals surface area contributed by atoms with Crippen molar-refractivity contribution < 1.29 is 0 Å². The Morgan fingerprint density at radius 3 is 1.83 bits per heavy atom. The molecule has 0 aromatic carbocycles. The van der Waals surface area contributed by atoms with Crippen LogP contribution in [0, 0.1) is 10.8 Å². The highest BCUT2D eigenvalue weighted by Gasteiger charge is 2.47. The highest BCUT2D eigenvalue weighted by molar-refractivity contribution is 4.99. The van der Waals surface area contributed by atoms with E-state index in [0.717, 1.165) is 6.04 Å². The zero-order valence-electron chi connectivity index (χ0n) is 9.44. The standard InChI is InChI=1S/C11H23N/c1-9(2)12-7-11(6,8-12)10(3,4)5/h9H,7-8H2,1-6H3. The Kier molecular flexibility index (Phi) is 2.28. The van der Waals surface area contributed by atoms with Crippen molar-refractivity contribution in [3.63, 3.8) is 0 Å². The molecule has 1 aliphatic rings. The quantitative estimate of drug-likeness (QED) is 0.583. The third-order valence-corrected chi connectivity index (χ3v) is 3.65. The summed E-state index contributed by atoms with van der Waals surface area (Å²) in [5, 5.41) is 0. The molecule has 0 saturated carbocycles. The van der Waals surface area contributed by atoms with Gasteiger partial charge in [0.2, 0.25) is 0 Å². The van der Waals surface area contributed by atoms with E-state index in [0.29, 0.717) is 10.8 Å². The van der Waals surface area contributed by atoms with Gasteiger partial charge in [-0.1, -0.05) is 27.7 Å². The van der Waals surface area contributed by atoms with Crippen molar-refractivity contribution in [2.45, 2.75) is 47.6 Å². The summed E-state index contributed by atoms with van der Waals surface area (Å²) in [5.74, 6) is 0. The molecule has 0 bridgehead atoms. The van der Waals surface area contributed by atoms with Crippen molar-refractivity contribution >= 4 is 0 Å². The van der Waals surface area contributed by atoms with Gasteiger partial charge in [-0.25, -0.2) is 0 Å². The second-order valence-corrected chi connectivity index (χ2v) is 5.81. The molecule has 1 aliphatic heterocycles. The van der Waals surface area contributed by atoms with Gasteiger partial charge >= 0.3 is 0 Å². The van der Waals surface area contributed by atoms with Gasteiger partial charge in [0.25, 0.3) is 0 Å². The van der Waals surface area contributed by atoms with Gasteiger partial charge in [-0.05, 0) is 24.7 Å². The summed E-state index contributed by atoms with van der Waals surface area (Å²) >= 11 is 0. The first kappa shape index (κ1) is 10.0. The molecule has 0 aromatic rings. The minimum atomic E-state index is 0.457. The van der Waals surface area contributed by atoms with Crippen LogP contribution in [0.4, 0.5) is 0 Å². The monoisotopic (exact) mass is 169 g/mol. The first-order valence-corrected chi connectivity index (χ1v) is 5.00. The van der Waals surface area contributed by atoms with E-state index in [9.17, 15) is 0 Å². The van der Waals surface area contributed by atoms with Crippen LogP contribution in [-0.2, 0) is 0 Å². The fourth-order valence-electron chi connectivity index (χ4n) is 1.69. The molecule has 0 unspecified atom stereocenters. The van der Waals surface area contributed by atoms with E-state index >= 15 is 0 Å². The number of nitrogens with zero attached hydrogens (tertiary/aromatic N) is 1. The van der Waals surface area contributed by atoms with Crippen LogP contribution >= 0.6 is 0 Å². The molecule has 0 spiro atoms. The predicted octanol–water partition coefficient (Wildman–Crippen LogP) is 2.76. The summed E-state index contributed by atoms with van der Waals surface area (Å²) in [6, 6.07) is 0.723. The highest BCUT2D eigenvalue weighted by Crippen LogP contribution is 2.46. The maximum atomic E-state index is 2.55. The van der Waals surface area contributed by atoms with Gasteiger partial charge in [0.05, 0.1) is 0 Å². The Morgan fingerprint density at radius 2 is 1.58 bits per heavy atom. The first-order valence-electron chi connectivity index (χ1n) is 5.00. The third kappa shape index (κ3) is 1.52. The fraction of sp³-hybridized carbons (Fsp3) is 1.00. The first-order chi connectivity index (χ1) is 5.26. The van der Waals surface area contributed by atoms with E-state index in [1.165, 1.54) is 13.1 Å². The van der Waals surface area contributed by atoms with E-state index in [2.05, 4.69) is 46.4 Å². The maximum Gasteiger partial charge on any atom is 0.00556 e. The van der Waals surface area contributed by atoms with E-state index in [4.69, 9.17) is 0 Å². The lowest BCUT2D eigenvalue weighted by molar-refractivity contribution is -0.0810. The summed E-state index contributed by atoms with van der Waals surface area (Å²) in [7, 11) is 0. The van der Waals surface area contributed by atoms with Crippen LogP contribution in [0.25, 0.3) is 0 Å². The van der Waals surface area contributed by atoms with Crippen molar-refractivity contribution in [1.29, 1.82) is 0 Å². The molecule has 0 atom stereocenters. The van der Waals surface area contributed by atoms with E-state index in [-0.39, 0.29) is 0 Å². The minimum Gasteiger partial charge on any atom is -0.300 e. The molecule has 0 aliphatic carbocycles. The summed E-state index contributed by atoms with van der Waals surface area (Å²) in [4.78, 5) is 2.55. The highest BCUT2D eigenvalue weighted by atomic mass is 15.2. The topological polar surface area (TPSA) is 3.24 Å². The van der Waals surface area contributed by atoms with Gasteiger partial charge in [0, 0.05) is 19.1 Å². The number of rotatable bonds is 1. The summed E-state index contributed by atoms with van der Waals surface area (Å²) in [6.07, 6.45) is 0. The molecule has 1 heteroatoms. The third-order valence-electron chi connectivity index (χ3n) is 3.65. The van der Waals surface area contributed by atoms with Crippen LogP contribution in [-0.4, -0.2) is 24.0 Å². The average Bonchev–Trinajstić information content (AvgIpc) is 1.77. The summed E-state index contributed by atoms with van der Waals surface area (Å²) in [5.41, 5.74) is 0.996. The van der Waals surface area contributed by atoms with Crippen LogP contribution < -0.4 is 0 Å². The van der Waals surface area contributed by atoms with Gasteiger partial charge in [0.15, 0.2) is 0 Å². The zero-order valence-corrected chi connectivity index (χ0v) is 9.44. The Hall–Kier alpha value is -0.0400. The molecule has 1 nitrogen and oxygen atoms in total. The fourth-order valence-corrected chi connectivity index (χ4v) is 1.69. The van der Waals surface area contributed by atoms with Gasteiger partial charge in [-0.2, -0.15) is 0 Å². The number of likely N-dealkylation sites (tertiary alicyclic amines) is 1. The lowest BCUT2D eigenvalue weighted by Gasteiger charge is -2.57. The largest absolute Gasteiger partial charge is 0.300 e. The summed E-state index contributed by atoms with van der Waals surface area (Å²) in [6.45, 7) is 16.6. The Morgan fingerprint density at radius 1 is 1.17 bits per heavy atom. The Balaban J connectivity index is 2.51. The average molecular weight is 169 g/mol. The van der Waals surface area contributed by atoms with Crippen LogP contribution in [0.1, 0.15) is 41.5 Å². The minimum absolute atomic E-state index is 0.457. The molecule has 0 aromatic heterocycles. The summed E-state index contributed by atoms with van der Waals surface area (Å²) < 4.78 is 0. The smallest absolute Gasteiger partial charge is 0.00556 e. The van der Waals surface area contributed by atoms with E-state index in [1.54, 1.807) is 0 Å². The van der Waals surface area contributed by atoms with Crippen LogP contribution in [0.15, 0.2) is 0 Å². The molecular formula is C11H23N. The van der Waals surface area contributed by atoms with Crippen molar-refractivity contribution in [3.05, 3.63) is 0 Å². The predicted molar refractivity (Wildman–Crippen MR) is 54.3 cm³/mol. The van der Waals surface area contributed by atoms with Crippen molar-refractivity contribution in [2.75, 3.05) is 13.1 Å². The van der Waals surface area contributed by atoms with E-state index < -0.39 is 0 Å². The van der Waals surface area contributed by atoms with Crippen LogP contribution in [0.2, 0.25) is 0 Å². The maximum absolute atomic E-state index is 2.55. The van der Waals surface area contributed by atoms with Crippen molar-refractivity contribution in [3.8, 4) is 0 Å². The molecule has 1 saturated heterocycles. The SMILES string of the molecule is CC(C)N1CC(C)(C(C)(C)C)C1. The lowest BCUT2D eigenvalue weighted by atomic mass is 9.63. The lowest BCUT2D eigenvalue weighted by Crippen LogP contribution is -2.62. The van der Waals surface area contributed by atoms with Crippen molar-refractivity contribution in [1.82, 2.24) is 4.90 Å². The molecule has 0 radical (unpaired) electrons. The molecule has 1 fully saturated rings. The number of hydrogen-bond donors (Lipinski definition) is 0. The Labute approximate surface area is 77.1 Å². The van der Waals surface area contributed by atoms with Gasteiger partial charge in [-0.3, -0.25) is 4.90 Å². The second-order valence-electron chi connectivity index (χ2n) is 5.81.